The number of amides is 4. The van der Waals surface area contributed by atoms with E-state index in [0.29, 0.717) is 34.0 Å². The molecule has 0 bridgehead atoms. The lowest BCUT2D eigenvalue weighted by Gasteiger charge is -2.28. The number of para-hydroxylation sites is 1. The molecule has 1 aliphatic heterocycles. The number of hydrogen-bond donors (Lipinski definition) is 1. The summed E-state index contributed by atoms with van der Waals surface area (Å²) >= 11 is 0. The fourth-order valence-electron chi connectivity index (χ4n) is 4.26. The van der Waals surface area contributed by atoms with E-state index in [1.165, 1.54) is 9.80 Å². The Labute approximate surface area is 257 Å². The van der Waals surface area contributed by atoms with Gasteiger partial charge >= 0.3 is 12.1 Å². The molecule has 0 spiro atoms. The Balaban J connectivity index is 1.65. The topological polar surface area (TPSA) is 125 Å². The number of rotatable bonds is 7. The molecule has 0 saturated heterocycles. The Kier molecular flexibility index (Phi) is 9.17. The van der Waals surface area contributed by atoms with Gasteiger partial charge in [-0.2, -0.15) is 5.10 Å². The minimum Gasteiger partial charge on any atom is -0.443 e. The number of hydrogen-bond acceptors (Lipinski definition) is 7. The molecule has 0 radical (unpaired) electrons. The molecule has 0 saturated carbocycles. The molecule has 0 fully saturated rings. The fraction of sp³-hybridized carbons (Fsp3) is 0.333. The Morgan fingerprint density at radius 1 is 0.909 bits per heavy atom. The summed E-state index contributed by atoms with van der Waals surface area (Å²) in [6.45, 7) is 10.0. The standard InChI is InChI=1S/C33H38N6O5/c1-32(2,3)27(40)20-38-26-17-9-8-15-24(26)29(25-16-10-11-18-34-25)36-39(30(38)42)21-28(41)35-22-13-12-14-23(19-22)37(7)31(43)44-33(4,5)6/h8-19H,20-21H2,1-7H3,(H,35,41). The van der Waals surface area contributed by atoms with Crippen molar-refractivity contribution in [1.82, 2.24) is 9.99 Å². The number of ether oxygens (including phenoxy) is 1. The molecule has 1 N–H and O–H groups in total. The molecule has 0 atom stereocenters. The van der Waals surface area contributed by atoms with E-state index < -0.39 is 35.6 Å². The van der Waals surface area contributed by atoms with Gasteiger partial charge in [-0.25, -0.2) is 14.6 Å². The first-order chi connectivity index (χ1) is 20.6. The van der Waals surface area contributed by atoms with Crippen LogP contribution in [-0.2, 0) is 14.3 Å². The number of ketones is 1. The number of hydrazone groups is 1. The van der Waals surface area contributed by atoms with E-state index in [1.54, 1.807) is 115 Å². The smallest absolute Gasteiger partial charge is 0.414 e. The summed E-state index contributed by atoms with van der Waals surface area (Å²) in [5.74, 6) is -0.690. The lowest BCUT2D eigenvalue weighted by molar-refractivity contribution is -0.124. The number of fused-ring (bicyclic) bond motifs is 1. The maximum atomic E-state index is 14.0. The number of nitrogens with one attached hydrogen (secondary N) is 1. The molecule has 3 aromatic rings. The number of carbonyl (C=O) groups is 4. The van der Waals surface area contributed by atoms with E-state index in [2.05, 4.69) is 15.4 Å². The van der Waals surface area contributed by atoms with E-state index in [0.717, 1.165) is 5.01 Å². The molecule has 0 unspecified atom stereocenters. The summed E-state index contributed by atoms with van der Waals surface area (Å²) in [5.41, 5.74) is 1.50. The van der Waals surface area contributed by atoms with Crippen LogP contribution in [0.5, 0.6) is 0 Å². The average molecular weight is 599 g/mol. The van der Waals surface area contributed by atoms with E-state index in [9.17, 15) is 19.2 Å². The number of anilines is 3. The summed E-state index contributed by atoms with van der Waals surface area (Å²) in [6, 6.07) is 18.6. The van der Waals surface area contributed by atoms with Gasteiger partial charge in [-0.3, -0.25) is 24.4 Å². The Hall–Kier alpha value is -5.06. The molecule has 230 valence electrons. The molecule has 2 aromatic carbocycles. The van der Waals surface area contributed by atoms with Gasteiger partial charge in [0.15, 0.2) is 5.78 Å². The van der Waals surface area contributed by atoms with Crippen molar-refractivity contribution in [2.75, 3.05) is 35.3 Å². The number of aromatic nitrogens is 1. The van der Waals surface area contributed by atoms with Gasteiger partial charge in [-0.05, 0) is 57.2 Å². The normalized spacial score (nSPS) is 13.4. The van der Waals surface area contributed by atoms with Crippen LogP contribution in [0.2, 0.25) is 0 Å². The van der Waals surface area contributed by atoms with Crippen molar-refractivity contribution in [1.29, 1.82) is 0 Å². The predicted octanol–water partition coefficient (Wildman–Crippen LogP) is 5.70. The fourth-order valence-corrected chi connectivity index (χ4v) is 4.26. The zero-order valence-corrected chi connectivity index (χ0v) is 26.1. The minimum absolute atomic E-state index is 0.155. The molecule has 11 heteroatoms. The summed E-state index contributed by atoms with van der Waals surface area (Å²) in [5, 5.41) is 8.46. The molecule has 4 rings (SSSR count). The second-order valence-corrected chi connectivity index (χ2v) is 12.4. The summed E-state index contributed by atoms with van der Waals surface area (Å²) in [6.07, 6.45) is 1.07. The van der Waals surface area contributed by atoms with Crippen molar-refractivity contribution in [3.8, 4) is 0 Å². The van der Waals surface area contributed by atoms with Crippen molar-refractivity contribution in [2.45, 2.75) is 47.1 Å². The first-order valence-corrected chi connectivity index (χ1v) is 14.2. The van der Waals surface area contributed by atoms with Crippen LogP contribution in [0, 0.1) is 5.41 Å². The van der Waals surface area contributed by atoms with Crippen LogP contribution in [0.25, 0.3) is 0 Å². The molecule has 4 amide bonds. The van der Waals surface area contributed by atoms with Gasteiger partial charge in [-0.1, -0.05) is 51.1 Å². The van der Waals surface area contributed by atoms with Gasteiger partial charge < -0.3 is 10.1 Å². The van der Waals surface area contributed by atoms with Crippen molar-refractivity contribution < 1.29 is 23.9 Å². The molecule has 1 aliphatic rings. The molecule has 1 aromatic heterocycles. The van der Waals surface area contributed by atoms with E-state index >= 15 is 0 Å². The Bertz CT molecular complexity index is 1590. The third-order valence-electron chi connectivity index (χ3n) is 6.65. The second-order valence-electron chi connectivity index (χ2n) is 12.4. The third-order valence-corrected chi connectivity index (χ3v) is 6.65. The lowest BCUT2D eigenvalue weighted by Crippen LogP contribution is -2.47. The minimum atomic E-state index is -0.702. The highest BCUT2D eigenvalue weighted by atomic mass is 16.6. The van der Waals surface area contributed by atoms with Crippen molar-refractivity contribution in [2.24, 2.45) is 10.5 Å². The van der Waals surface area contributed by atoms with Crippen LogP contribution in [0.15, 0.2) is 78.0 Å². The second kappa shape index (κ2) is 12.7. The van der Waals surface area contributed by atoms with E-state index in [-0.39, 0.29) is 12.3 Å². The zero-order chi connectivity index (χ0) is 32.2. The number of carbonyl (C=O) groups excluding carboxylic acids is 4. The predicted molar refractivity (Wildman–Crippen MR) is 170 cm³/mol. The van der Waals surface area contributed by atoms with Crippen LogP contribution in [0.4, 0.5) is 26.7 Å². The summed E-state index contributed by atoms with van der Waals surface area (Å²) in [4.78, 5) is 60.2. The maximum absolute atomic E-state index is 14.0. The molecular formula is C33H38N6O5. The molecule has 2 heterocycles. The molecule has 0 aliphatic carbocycles. The zero-order valence-electron chi connectivity index (χ0n) is 26.1. The summed E-state index contributed by atoms with van der Waals surface area (Å²) in [7, 11) is 1.57. The highest BCUT2D eigenvalue weighted by Crippen LogP contribution is 2.29. The summed E-state index contributed by atoms with van der Waals surface area (Å²) < 4.78 is 5.44. The number of benzene rings is 2. The van der Waals surface area contributed by atoms with Gasteiger partial charge in [0.1, 0.15) is 17.9 Å². The van der Waals surface area contributed by atoms with Gasteiger partial charge in [0, 0.05) is 35.6 Å². The van der Waals surface area contributed by atoms with Gasteiger partial charge in [-0.15, -0.1) is 0 Å². The maximum Gasteiger partial charge on any atom is 0.414 e. The average Bonchev–Trinajstić information content (AvgIpc) is 3.06. The van der Waals surface area contributed by atoms with Gasteiger partial charge in [0.05, 0.1) is 17.9 Å². The SMILES string of the molecule is CN(C(=O)OC(C)(C)C)c1cccc(NC(=O)CN2N=C(c3ccccn3)c3ccccc3N(CC(=O)C(C)(C)C)C2=O)c1. The van der Waals surface area contributed by atoms with Crippen molar-refractivity contribution in [3.05, 3.63) is 84.2 Å². The highest BCUT2D eigenvalue weighted by Gasteiger charge is 2.35. The van der Waals surface area contributed by atoms with Crippen LogP contribution in [-0.4, -0.2) is 65.3 Å². The van der Waals surface area contributed by atoms with E-state index in [1.807, 2.05) is 6.07 Å². The van der Waals surface area contributed by atoms with Crippen LogP contribution >= 0.6 is 0 Å². The van der Waals surface area contributed by atoms with Gasteiger partial charge in [0.2, 0.25) is 5.91 Å². The monoisotopic (exact) mass is 598 g/mol. The van der Waals surface area contributed by atoms with Crippen molar-refractivity contribution >= 4 is 46.6 Å². The number of nitrogens with zero attached hydrogens (tertiary/aromatic N) is 5. The van der Waals surface area contributed by atoms with Crippen LogP contribution in [0.3, 0.4) is 0 Å². The van der Waals surface area contributed by atoms with Crippen LogP contribution < -0.4 is 15.1 Å². The van der Waals surface area contributed by atoms with Crippen molar-refractivity contribution in [3.63, 3.8) is 0 Å². The first-order valence-electron chi connectivity index (χ1n) is 14.2. The van der Waals surface area contributed by atoms with Gasteiger partial charge in [0.25, 0.3) is 0 Å². The first kappa shape index (κ1) is 31.9. The molecule has 44 heavy (non-hydrogen) atoms. The van der Waals surface area contributed by atoms with E-state index in [4.69, 9.17) is 4.74 Å². The molecular weight excluding hydrogens is 560 g/mol. The Morgan fingerprint density at radius 2 is 1.61 bits per heavy atom. The largest absolute Gasteiger partial charge is 0.443 e. The Morgan fingerprint density at radius 3 is 2.27 bits per heavy atom. The third kappa shape index (κ3) is 7.66. The number of urea groups is 1. The quantitative estimate of drug-likeness (QED) is 0.372. The molecule has 11 nitrogen and oxygen atoms in total. The lowest BCUT2D eigenvalue weighted by atomic mass is 9.90. The number of Topliss-reactive ketones (excluding diaryl/α,β-unsaturated/α-hetero) is 1. The van der Waals surface area contributed by atoms with Crippen LogP contribution in [0.1, 0.15) is 52.8 Å². The highest BCUT2D eigenvalue weighted by molar-refractivity contribution is 6.19. The number of pyridine rings is 1.